The Morgan fingerprint density at radius 2 is 1.96 bits per heavy atom. The van der Waals surface area contributed by atoms with Crippen molar-refractivity contribution in [1.29, 1.82) is 0 Å². The van der Waals surface area contributed by atoms with Crippen molar-refractivity contribution >= 4 is 22.5 Å². The first-order valence-corrected chi connectivity index (χ1v) is 8.66. The molecule has 0 fully saturated rings. The van der Waals surface area contributed by atoms with Crippen molar-refractivity contribution in [2.24, 2.45) is 0 Å². The molecule has 0 radical (unpaired) electrons. The van der Waals surface area contributed by atoms with E-state index >= 15 is 0 Å². The van der Waals surface area contributed by atoms with Gasteiger partial charge in [0.1, 0.15) is 18.1 Å². The minimum absolute atomic E-state index is 0.0602. The van der Waals surface area contributed by atoms with Gasteiger partial charge in [-0.25, -0.2) is 0 Å². The number of rotatable bonds is 5. The topological polar surface area (TPSA) is 97.5 Å². The molecule has 6 heteroatoms. The van der Waals surface area contributed by atoms with Crippen LogP contribution in [0.15, 0.2) is 48.5 Å². The molecule has 6 nitrogen and oxygen atoms in total. The van der Waals surface area contributed by atoms with Crippen LogP contribution in [0.5, 0.6) is 11.5 Å². The lowest BCUT2D eigenvalue weighted by molar-refractivity contribution is 0.0879. The molecule has 0 aliphatic carbocycles. The number of anilines is 1. The van der Waals surface area contributed by atoms with Gasteiger partial charge in [-0.15, -0.1) is 0 Å². The number of nitrogen functional groups attached to an aromatic ring is 1. The first-order valence-electron chi connectivity index (χ1n) is 8.66. The maximum atomic E-state index is 12.4. The number of benzene rings is 2. The van der Waals surface area contributed by atoms with Crippen LogP contribution in [0.4, 0.5) is 5.69 Å². The molecule has 0 unspecified atom stereocenters. The Morgan fingerprint density at radius 1 is 1.22 bits per heavy atom. The minimum atomic E-state index is -0.672. The molecule has 2 aromatic carbocycles. The number of fused-ring (bicyclic) bond motifs is 1. The molecular formula is C21H23N3O3. The number of nitrogens with one attached hydrogen (secondary N) is 1. The normalized spacial score (nSPS) is 11.4. The second kappa shape index (κ2) is 7.15. The van der Waals surface area contributed by atoms with Crippen LogP contribution in [0.2, 0.25) is 0 Å². The number of aromatic nitrogens is 1. The zero-order valence-electron chi connectivity index (χ0n) is 15.6. The predicted octanol–water partition coefficient (Wildman–Crippen LogP) is 3.42. The number of phenolic OH excluding ortho intramolecular Hbond substituents is 1. The maximum absolute atomic E-state index is 12.4. The molecule has 1 amide bonds. The van der Waals surface area contributed by atoms with Gasteiger partial charge in [0.25, 0.3) is 5.91 Å². The number of carbonyl (C=O) groups is 1. The van der Waals surface area contributed by atoms with Crippen LogP contribution in [-0.2, 0) is 0 Å². The number of hydrogen-bond acceptors (Lipinski definition) is 5. The number of aromatic hydroxyl groups is 1. The number of nitrogens with two attached hydrogens (primary N) is 1. The predicted molar refractivity (Wildman–Crippen MR) is 106 cm³/mol. The van der Waals surface area contributed by atoms with E-state index < -0.39 is 5.54 Å². The van der Waals surface area contributed by atoms with E-state index in [2.05, 4.69) is 10.3 Å². The highest BCUT2D eigenvalue weighted by molar-refractivity contribution is 5.97. The van der Waals surface area contributed by atoms with E-state index in [1.54, 1.807) is 24.3 Å². The second-order valence-electron chi connectivity index (χ2n) is 7.15. The van der Waals surface area contributed by atoms with Gasteiger partial charge in [0.15, 0.2) is 0 Å². The number of amides is 1. The molecule has 0 aliphatic heterocycles. The third-order valence-corrected chi connectivity index (χ3v) is 4.14. The Morgan fingerprint density at radius 3 is 2.70 bits per heavy atom. The maximum Gasteiger partial charge on any atom is 0.255 e. The molecule has 0 spiro atoms. The zero-order valence-corrected chi connectivity index (χ0v) is 15.6. The summed E-state index contributed by atoms with van der Waals surface area (Å²) >= 11 is 0. The highest BCUT2D eigenvalue weighted by Crippen LogP contribution is 2.30. The second-order valence-corrected chi connectivity index (χ2v) is 7.15. The van der Waals surface area contributed by atoms with E-state index in [1.165, 1.54) is 6.07 Å². The quantitative estimate of drug-likeness (QED) is 0.644. The van der Waals surface area contributed by atoms with Gasteiger partial charge in [-0.1, -0.05) is 18.2 Å². The minimum Gasteiger partial charge on any atom is -0.507 e. The molecule has 0 saturated heterocycles. The fourth-order valence-corrected chi connectivity index (χ4v) is 2.88. The summed E-state index contributed by atoms with van der Waals surface area (Å²) in [6.07, 6.45) is 0. The number of carbonyl (C=O) groups excluding carboxylic acids is 1. The molecule has 1 aromatic heterocycles. The Kier molecular flexibility index (Phi) is 4.90. The number of para-hydroxylation sites is 1. The lowest BCUT2D eigenvalue weighted by atomic mass is 10.1. The van der Waals surface area contributed by atoms with Gasteiger partial charge >= 0.3 is 0 Å². The summed E-state index contributed by atoms with van der Waals surface area (Å²) in [6, 6.07) is 13.8. The van der Waals surface area contributed by atoms with Crippen molar-refractivity contribution in [3.63, 3.8) is 0 Å². The lowest BCUT2D eigenvalue weighted by Gasteiger charge is -2.27. The zero-order chi connectivity index (χ0) is 19.6. The highest BCUT2D eigenvalue weighted by Gasteiger charge is 2.24. The van der Waals surface area contributed by atoms with Gasteiger partial charge < -0.3 is 20.9 Å². The van der Waals surface area contributed by atoms with Crippen molar-refractivity contribution in [1.82, 2.24) is 10.3 Å². The molecule has 27 heavy (non-hydrogen) atoms. The fourth-order valence-electron chi connectivity index (χ4n) is 2.88. The van der Waals surface area contributed by atoms with Crippen LogP contribution in [0.25, 0.3) is 10.9 Å². The van der Waals surface area contributed by atoms with Crippen LogP contribution in [0.3, 0.4) is 0 Å². The number of aryl methyl sites for hydroxylation is 1. The molecule has 1 heterocycles. The van der Waals surface area contributed by atoms with E-state index in [4.69, 9.17) is 10.5 Å². The third-order valence-electron chi connectivity index (χ3n) is 4.14. The molecule has 0 saturated carbocycles. The van der Waals surface area contributed by atoms with Crippen LogP contribution < -0.4 is 15.8 Å². The van der Waals surface area contributed by atoms with Crippen LogP contribution in [0.1, 0.15) is 29.9 Å². The summed E-state index contributed by atoms with van der Waals surface area (Å²) < 4.78 is 5.97. The van der Waals surface area contributed by atoms with E-state index in [0.717, 1.165) is 16.6 Å². The molecule has 3 aromatic rings. The fraction of sp³-hybridized carbons (Fsp3) is 0.238. The largest absolute Gasteiger partial charge is 0.507 e. The monoisotopic (exact) mass is 365 g/mol. The lowest BCUT2D eigenvalue weighted by Crippen LogP contribution is -2.47. The summed E-state index contributed by atoms with van der Waals surface area (Å²) in [4.78, 5) is 16.9. The van der Waals surface area contributed by atoms with E-state index in [0.29, 0.717) is 11.4 Å². The molecule has 0 atom stereocenters. The Balaban J connectivity index is 1.77. The average molecular weight is 365 g/mol. The first kappa shape index (κ1) is 18.5. The molecule has 140 valence electrons. The highest BCUT2D eigenvalue weighted by atomic mass is 16.5. The van der Waals surface area contributed by atoms with Crippen molar-refractivity contribution in [2.45, 2.75) is 26.3 Å². The van der Waals surface area contributed by atoms with Crippen LogP contribution in [0, 0.1) is 6.92 Å². The number of pyridine rings is 1. The summed E-state index contributed by atoms with van der Waals surface area (Å²) in [6.45, 7) is 5.81. The van der Waals surface area contributed by atoms with Gasteiger partial charge in [0.2, 0.25) is 0 Å². The average Bonchev–Trinajstić information content (AvgIpc) is 2.59. The number of nitrogens with zero attached hydrogens (tertiary/aromatic N) is 1. The Bertz CT molecular complexity index is 999. The van der Waals surface area contributed by atoms with Crippen molar-refractivity contribution < 1.29 is 14.6 Å². The number of hydrogen-bond donors (Lipinski definition) is 3. The van der Waals surface area contributed by atoms with Crippen molar-refractivity contribution in [3.05, 3.63) is 59.8 Å². The molecule has 4 N–H and O–H groups in total. The van der Waals surface area contributed by atoms with Gasteiger partial charge in [-0.2, -0.15) is 0 Å². The van der Waals surface area contributed by atoms with Gasteiger partial charge in [0.05, 0.1) is 22.0 Å². The smallest absolute Gasteiger partial charge is 0.255 e. The number of phenols is 1. The first-order chi connectivity index (χ1) is 12.8. The summed E-state index contributed by atoms with van der Waals surface area (Å²) in [5, 5.41) is 13.5. The van der Waals surface area contributed by atoms with Crippen molar-refractivity contribution in [2.75, 3.05) is 12.3 Å². The summed E-state index contributed by atoms with van der Waals surface area (Å²) in [7, 11) is 0. The van der Waals surface area contributed by atoms with E-state index in [-0.39, 0.29) is 23.8 Å². The standard InChI is InChI=1S/C21H23N3O3/c1-13-11-15(22)19-16(23-13)8-6-10-18(19)27-12-21(2,3)24-20(26)14-7-4-5-9-17(14)25/h4-11,25H,12H2,1-3H3,(H2,22,23)(H,24,26). The van der Waals surface area contributed by atoms with Crippen molar-refractivity contribution in [3.8, 4) is 11.5 Å². The van der Waals surface area contributed by atoms with E-state index in [1.807, 2.05) is 39.0 Å². The molecule has 0 aliphatic rings. The summed E-state index contributed by atoms with van der Waals surface area (Å²) in [5.74, 6) is 0.189. The van der Waals surface area contributed by atoms with Gasteiger partial charge in [-0.3, -0.25) is 9.78 Å². The third kappa shape index (κ3) is 4.11. The number of ether oxygens (including phenoxy) is 1. The van der Waals surface area contributed by atoms with E-state index in [9.17, 15) is 9.90 Å². The molecule has 0 bridgehead atoms. The van der Waals surface area contributed by atoms with Crippen LogP contribution >= 0.6 is 0 Å². The van der Waals surface area contributed by atoms with Gasteiger partial charge in [-0.05, 0) is 51.1 Å². The van der Waals surface area contributed by atoms with Crippen LogP contribution in [-0.4, -0.2) is 28.1 Å². The molecular weight excluding hydrogens is 342 g/mol. The Labute approximate surface area is 158 Å². The SMILES string of the molecule is Cc1cc(N)c2c(OCC(C)(C)NC(=O)c3ccccc3O)cccc2n1. The molecule has 3 rings (SSSR count). The van der Waals surface area contributed by atoms with Gasteiger partial charge in [0, 0.05) is 11.4 Å². The Hall–Kier alpha value is -3.28. The summed E-state index contributed by atoms with van der Waals surface area (Å²) in [5.41, 5.74) is 7.91.